The number of allylic oxidation sites excluding steroid dienone is 2. The van der Waals surface area contributed by atoms with Crippen LogP contribution in [0.3, 0.4) is 0 Å². The van der Waals surface area contributed by atoms with E-state index < -0.39 is 0 Å². The van der Waals surface area contributed by atoms with Crippen molar-refractivity contribution >= 4 is 12.0 Å². The first-order valence-corrected chi connectivity index (χ1v) is 8.50. The minimum absolute atomic E-state index is 0.346. The fourth-order valence-electron chi connectivity index (χ4n) is 2.39. The van der Waals surface area contributed by atoms with E-state index in [9.17, 15) is 4.79 Å². The Kier molecular flexibility index (Phi) is 6.10. The van der Waals surface area contributed by atoms with Crippen LogP contribution >= 0.6 is 0 Å². The van der Waals surface area contributed by atoms with Gasteiger partial charge in [0.05, 0.1) is 31.1 Å². The number of carbonyl (C=O) groups excluding carboxylic acids is 1. The molecule has 0 atom stereocenters. The van der Waals surface area contributed by atoms with Gasteiger partial charge in [0.1, 0.15) is 0 Å². The number of hydrogen-bond acceptors (Lipinski definition) is 7. The van der Waals surface area contributed by atoms with Crippen molar-refractivity contribution in [3.05, 3.63) is 54.0 Å². The molecular formula is C18H21N5O3. The standard InChI is InChI=1S/C18H21N5O3/c1-2-26-18(24)15-6-8-16(9-7-15)23-20-17(19-21-23)5-3-4-10-22-11-13-25-14-12-22/h3-10H,2,11-14H2,1H3. The Balaban J connectivity index is 1.59. The molecule has 0 spiro atoms. The monoisotopic (exact) mass is 355 g/mol. The molecule has 3 rings (SSSR count). The summed E-state index contributed by atoms with van der Waals surface area (Å²) in [6.45, 7) is 5.45. The van der Waals surface area contributed by atoms with Crippen LogP contribution < -0.4 is 0 Å². The number of carbonyl (C=O) groups is 1. The summed E-state index contributed by atoms with van der Waals surface area (Å²) < 4.78 is 10.3. The van der Waals surface area contributed by atoms with Gasteiger partial charge in [0.15, 0.2) is 5.82 Å². The van der Waals surface area contributed by atoms with E-state index in [2.05, 4.69) is 20.3 Å². The van der Waals surface area contributed by atoms with Crippen LogP contribution in [0.25, 0.3) is 11.8 Å². The van der Waals surface area contributed by atoms with Crippen LogP contribution in [0, 0.1) is 0 Å². The van der Waals surface area contributed by atoms with Gasteiger partial charge in [0, 0.05) is 13.1 Å². The number of aromatic nitrogens is 4. The number of tetrazole rings is 1. The summed E-state index contributed by atoms with van der Waals surface area (Å²) in [6, 6.07) is 6.86. The molecule has 136 valence electrons. The van der Waals surface area contributed by atoms with Gasteiger partial charge in [-0.2, -0.15) is 0 Å². The van der Waals surface area contributed by atoms with Crippen molar-refractivity contribution in [3.8, 4) is 5.69 Å². The van der Waals surface area contributed by atoms with Gasteiger partial charge in [0.25, 0.3) is 0 Å². The number of nitrogens with zero attached hydrogens (tertiary/aromatic N) is 5. The van der Waals surface area contributed by atoms with Crippen molar-refractivity contribution < 1.29 is 14.3 Å². The highest BCUT2D eigenvalue weighted by Gasteiger charge is 2.08. The van der Waals surface area contributed by atoms with Crippen LogP contribution in [0.1, 0.15) is 23.1 Å². The molecule has 0 amide bonds. The molecule has 0 unspecified atom stereocenters. The predicted molar refractivity (Wildman–Crippen MR) is 95.7 cm³/mol. The largest absolute Gasteiger partial charge is 0.462 e. The molecular weight excluding hydrogens is 334 g/mol. The first kappa shape index (κ1) is 17.8. The van der Waals surface area contributed by atoms with Crippen LogP contribution in [-0.4, -0.2) is 64.0 Å². The Morgan fingerprint density at radius 2 is 2.00 bits per heavy atom. The van der Waals surface area contributed by atoms with Crippen LogP contribution in [0.5, 0.6) is 0 Å². The van der Waals surface area contributed by atoms with E-state index in [1.807, 2.05) is 18.4 Å². The molecule has 8 nitrogen and oxygen atoms in total. The minimum atomic E-state index is -0.346. The second-order valence-electron chi connectivity index (χ2n) is 5.55. The zero-order chi connectivity index (χ0) is 18.2. The second-order valence-corrected chi connectivity index (χ2v) is 5.55. The highest BCUT2D eigenvalue weighted by atomic mass is 16.5. The number of ether oxygens (including phenoxy) is 2. The molecule has 2 aromatic rings. The van der Waals surface area contributed by atoms with Gasteiger partial charge >= 0.3 is 5.97 Å². The summed E-state index contributed by atoms with van der Waals surface area (Å²) >= 11 is 0. The van der Waals surface area contributed by atoms with Crippen molar-refractivity contribution in [2.24, 2.45) is 0 Å². The first-order valence-electron chi connectivity index (χ1n) is 8.50. The molecule has 1 saturated heterocycles. The maximum absolute atomic E-state index is 11.7. The lowest BCUT2D eigenvalue weighted by atomic mass is 10.2. The second kappa shape index (κ2) is 8.91. The summed E-state index contributed by atoms with van der Waals surface area (Å²) in [5.74, 6) is 0.160. The van der Waals surface area contributed by atoms with Gasteiger partial charge in [0.2, 0.25) is 0 Å². The summed E-state index contributed by atoms with van der Waals surface area (Å²) in [6.07, 6.45) is 7.63. The number of morpholine rings is 1. The number of benzene rings is 1. The quantitative estimate of drug-likeness (QED) is 0.576. The van der Waals surface area contributed by atoms with Gasteiger partial charge in [-0.3, -0.25) is 0 Å². The third-order valence-electron chi connectivity index (χ3n) is 3.74. The van der Waals surface area contributed by atoms with E-state index in [0.29, 0.717) is 23.7 Å². The Morgan fingerprint density at radius 3 is 2.73 bits per heavy atom. The molecule has 1 aromatic heterocycles. The van der Waals surface area contributed by atoms with Crippen LogP contribution in [0.2, 0.25) is 0 Å². The Morgan fingerprint density at radius 1 is 1.23 bits per heavy atom. The summed E-state index contributed by atoms with van der Waals surface area (Å²) in [5, 5.41) is 12.3. The lowest BCUT2D eigenvalue weighted by Crippen LogP contribution is -2.31. The fraction of sp³-hybridized carbons (Fsp3) is 0.333. The molecule has 1 aliphatic heterocycles. The summed E-state index contributed by atoms with van der Waals surface area (Å²) in [7, 11) is 0. The van der Waals surface area contributed by atoms with Gasteiger partial charge < -0.3 is 14.4 Å². The van der Waals surface area contributed by atoms with E-state index >= 15 is 0 Å². The molecule has 2 heterocycles. The van der Waals surface area contributed by atoms with Crippen molar-refractivity contribution in [2.75, 3.05) is 32.9 Å². The molecule has 1 aliphatic rings. The average molecular weight is 355 g/mol. The Bertz CT molecular complexity index is 776. The third kappa shape index (κ3) is 4.76. The van der Waals surface area contributed by atoms with E-state index in [1.54, 1.807) is 37.3 Å². The zero-order valence-corrected chi connectivity index (χ0v) is 14.6. The maximum Gasteiger partial charge on any atom is 0.338 e. The topological polar surface area (TPSA) is 82.4 Å². The number of hydrogen-bond donors (Lipinski definition) is 0. The lowest BCUT2D eigenvalue weighted by molar-refractivity contribution is 0.0526. The maximum atomic E-state index is 11.7. The molecule has 0 aliphatic carbocycles. The number of rotatable bonds is 6. The van der Waals surface area contributed by atoms with Gasteiger partial charge in [-0.1, -0.05) is 6.08 Å². The predicted octanol–water partition coefficient (Wildman–Crippen LogP) is 1.70. The molecule has 1 aromatic carbocycles. The van der Waals surface area contributed by atoms with Crippen molar-refractivity contribution in [2.45, 2.75) is 6.92 Å². The van der Waals surface area contributed by atoms with Gasteiger partial charge in [-0.15, -0.1) is 15.0 Å². The van der Waals surface area contributed by atoms with E-state index in [0.717, 1.165) is 26.3 Å². The van der Waals surface area contributed by atoms with Crippen molar-refractivity contribution in [1.29, 1.82) is 0 Å². The molecule has 0 saturated carbocycles. The highest BCUT2D eigenvalue weighted by molar-refractivity contribution is 5.89. The van der Waals surface area contributed by atoms with Crippen LogP contribution in [0.4, 0.5) is 0 Å². The molecule has 26 heavy (non-hydrogen) atoms. The van der Waals surface area contributed by atoms with E-state index in [-0.39, 0.29) is 5.97 Å². The van der Waals surface area contributed by atoms with Crippen LogP contribution in [0.15, 0.2) is 42.6 Å². The Labute approximate surface area is 151 Å². The third-order valence-corrected chi connectivity index (χ3v) is 3.74. The molecule has 0 radical (unpaired) electrons. The lowest BCUT2D eigenvalue weighted by Gasteiger charge is -2.24. The normalized spacial score (nSPS) is 15.0. The highest BCUT2D eigenvalue weighted by Crippen LogP contribution is 2.09. The first-order chi connectivity index (χ1) is 12.8. The van der Waals surface area contributed by atoms with Crippen molar-refractivity contribution in [1.82, 2.24) is 25.1 Å². The van der Waals surface area contributed by atoms with Gasteiger partial charge in [-0.25, -0.2) is 4.79 Å². The molecule has 8 heteroatoms. The smallest absolute Gasteiger partial charge is 0.338 e. The minimum Gasteiger partial charge on any atom is -0.462 e. The van der Waals surface area contributed by atoms with Crippen LogP contribution in [-0.2, 0) is 9.47 Å². The average Bonchev–Trinajstić information content (AvgIpc) is 3.15. The Hall–Kier alpha value is -3.00. The fourth-order valence-corrected chi connectivity index (χ4v) is 2.39. The zero-order valence-electron chi connectivity index (χ0n) is 14.6. The molecule has 1 fully saturated rings. The molecule has 0 N–H and O–H groups in total. The number of esters is 1. The summed E-state index contributed by atoms with van der Waals surface area (Å²) in [5.41, 5.74) is 1.21. The summed E-state index contributed by atoms with van der Waals surface area (Å²) in [4.78, 5) is 15.3. The van der Waals surface area contributed by atoms with E-state index in [1.165, 1.54) is 4.80 Å². The molecule has 0 bridgehead atoms. The van der Waals surface area contributed by atoms with Gasteiger partial charge in [-0.05, 0) is 54.8 Å². The SMILES string of the molecule is CCOC(=O)c1ccc(-n2nnc(C=CC=CN3CCOCC3)n2)cc1. The van der Waals surface area contributed by atoms with E-state index in [4.69, 9.17) is 9.47 Å². The van der Waals surface area contributed by atoms with Crippen molar-refractivity contribution in [3.63, 3.8) is 0 Å².